The summed E-state index contributed by atoms with van der Waals surface area (Å²) in [7, 11) is 1.65. The number of benzene rings is 3. The molecule has 186 valence electrons. The van der Waals surface area contributed by atoms with Gasteiger partial charge in [-0.05, 0) is 48.7 Å². The summed E-state index contributed by atoms with van der Waals surface area (Å²) >= 11 is 0. The Bertz CT molecular complexity index is 1210. The number of fused-ring (bicyclic) bond motifs is 1. The standard InChI is InChI=1S/C30H31FN2O3/c1-21-10-6-8-14-26(23-16-18-24(31)19-17-23)32-29(34)27(20-22-11-4-3-5-12-22)33(2)30(35)25-13-7-9-15-28(25)36-21/h3-9,11-13,15-19,21,26-27H,10,14,20H2,1-2H3,(H,32,34)/b8-6+/t21-,26+,27+/m0/s1. The number of nitrogens with one attached hydrogen (secondary N) is 1. The fourth-order valence-electron chi connectivity index (χ4n) is 4.35. The second kappa shape index (κ2) is 11.7. The highest BCUT2D eigenvalue weighted by Crippen LogP contribution is 2.25. The van der Waals surface area contributed by atoms with Crippen molar-refractivity contribution in [3.05, 3.63) is 114 Å². The van der Waals surface area contributed by atoms with Crippen molar-refractivity contribution < 1.29 is 18.7 Å². The number of likely N-dealkylation sites (N-methyl/N-ethyl adjacent to an activating group) is 1. The van der Waals surface area contributed by atoms with Gasteiger partial charge in [-0.25, -0.2) is 4.39 Å². The maximum absolute atomic E-state index is 13.7. The SMILES string of the molecule is C[C@H]1C/C=C/C[C@H](c2ccc(F)cc2)NC(=O)[C@@H](Cc2ccccc2)N(C)C(=O)c2ccccc2O1. The molecule has 4 rings (SSSR count). The Morgan fingerprint density at radius 3 is 2.33 bits per heavy atom. The molecule has 0 bridgehead atoms. The van der Waals surface area contributed by atoms with Gasteiger partial charge in [0.15, 0.2) is 0 Å². The number of ether oxygens (including phenoxy) is 1. The molecule has 1 aliphatic heterocycles. The molecule has 2 amide bonds. The zero-order valence-corrected chi connectivity index (χ0v) is 20.6. The van der Waals surface area contributed by atoms with Crippen LogP contribution >= 0.6 is 0 Å². The summed E-state index contributed by atoms with van der Waals surface area (Å²) < 4.78 is 19.7. The summed E-state index contributed by atoms with van der Waals surface area (Å²) in [5, 5.41) is 3.13. The molecule has 3 aromatic rings. The molecule has 1 N–H and O–H groups in total. The molecule has 0 spiro atoms. The van der Waals surface area contributed by atoms with Gasteiger partial charge >= 0.3 is 0 Å². The molecule has 0 radical (unpaired) electrons. The van der Waals surface area contributed by atoms with E-state index in [1.807, 2.05) is 55.5 Å². The van der Waals surface area contributed by atoms with E-state index in [-0.39, 0.29) is 29.8 Å². The summed E-state index contributed by atoms with van der Waals surface area (Å²) in [5.41, 5.74) is 2.15. The molecule has 1 heterocycles. The maximum atomic E-state index is 13.7. The average Bonchev–Trinajstić information content (AvgIpc) is 2.89. The molecule has 5 nitrogen and oxygen atoms in total. The number of rotatable bonds is 3. The first-order valence-electron chi connectivity index (χ1n) is 12.2. The maximum Gasteiger partial charge on any atom is 0.258 e. The van der Waals surface area contributed by atoms with E-state index in [0.29, 0.717) is 30.6 Å². The fourth-order valence-corrected chi connectivity index (χ4v) is 4.35. The molecule has 3 aromatic carbocycles. The molecule has 3 atom stereocenters. The first kappa shape index (κ1) is 25.2. The average molecular weight is 487 g/mol. The van der Waals surface area contributed by atoms with E-state index in [2.05, 4.69) is 5.32 Å². The second-order valence-corrected chi connectivity index (χ2v) is 9.10. The number of para-hydroxylation sites is 1. The van der Waals surface area contributed by atoms with E-state index in [0.717, 1.165) is 11.1 Å². The van der Waals surface area contributed by atoms with Crippen LogP contribution in [0.2, 0.25) is 0 Å². The van der Waals surface area contributed by atoms with Crippen LogP contribution in [-0.4, -0.2) is 35.9 Å². The molecular weight excluding hydrogens is 455 g/mol. The third-order valence-electron chi connectivity index (χ3n) is 6.40. The molecule has 0 aromatic heterocycles. The first-order chi connectivity index (χ1) is 17.4. The third-order valence-corrected chi connectivity index (χ3v) is 6.40. The smallest absolute Gasteiger partial charge is 0.258 e. The fraction of sp³-hybridized carbons (Fsp3) is 0.267. The summed E-state index contributed by atoms with van der Waals surface area (Å²) in [6, 6.07) is 21.8. The van der Waals surface area contributed by atoms with Crippen LogP contribution in [0.25, 0.3) is 0 Å². The Morgan fingerprint density at radius 2 is 1.58 bits per heavy atom. The predicted molar refractivity (Wildman–Crippen MR) is 138 cm³/mol. The lowest BCUT2D eigenvalue weighted by Crippen LogP contribution is -2.49. The number of halogens is 1. The van der Waals surface area contributed by atoms with Crippen LogP contribution in [0.5, 0.6) is 5.75 Å². The predicted octanol–water partition coefficient (Wildman–Crippen LogP) is 5.48. The molecule has 0 saturated carbocycles. The van der Waals surface area contributed by atoms with Crippen LogP contribution < -0.4 is 10.1 Å². The van der Waals surface area contributed by atoms with E-state index in [1.54, 1.807) is 37.4 Å². The lowest BCUT2D eigenvalue weighted by atomic mass is 9.99. The van der Waals surface area contributed by atoms with E-state index >= 15 is 0 Å². The zero-order valence-electron chi connectivity index (χ0n) is 20.6. The number of hydrogen-bond donors (Lipinski definition) is 1. The molecule has 0 fully saturated rings. The van der Waals surface area contributed by atoms with E-state index in [4.69, 9.17) is 4.74 Å². The van der Waals surface area contributed by atoms with Gasteiger partial charge in [-0.2, -0.15) is 0 Å². The molecule has 0 unspecified atom stereocenters. The van der Waals surface area contributed by atoms with Gasteiger partial charge in [0.1, 0.15) is 17.6 Å². The quantitative estimate of drug-likeness (QED) is 0.499. The molecule has 0 saturated heterocycles. The lowest BCUT2D eigenvalue weighted by Gasteiger charge is -2.30. The summed E-state index contributed by atoms with van der Waals surface area (Å²) in [5.74, 6) is -0.408. The Kier molecular flexibility index (Phi) is 8.16. The second-order valence-electron chi connectivity index (χ2n) is 9.10. The highest BCUT2D eigenvalue weighted by Gasteiger charge is 2.31. The van der Waals surface area contributed by atoms with Crippen molar-refractivity contribution in [3.8, 4) is 5.75 Å². The highest BCUT2D eigenvalue weighted by molar-refractivity contribution is 5.99. The van der Waals surface area contributed by atoms with Crippen molar-refractivity contribution >= 4 is 11.8 Å². The van der Waals surface area contributed by atoms with Gasteiger partial charge in [0.05, 0.1) is 17.7 Å². The van der Waals surface area contributed by atoms with E-state index < -0.39 is 6.04 Å². The minimum atomic E-state index is -0.764. The van der Waals surface area contributed by atoms with Gasteiger partial charge in [-0.3, -0.25) is 9.59 Å². The van der Waals surface area contributed by atoms with Crippen molar-refractivity contribution in [1.29, 1.82) is 0 Å². The van der Waals surface area contributed by atoms with Crippen molar-refractivity contribution in [2.45, 2.75) is 44.4 Å². The van der Waals surface area contributed by atoms with Crippen molar-refractivity contribution in [3.63, 3.8) is 0 Å². The Labute approximate surface area is 211 Å². The van der Waals surface area contributed by atoms with Gasteiger partial charge < -0.3 is 15.0 Å². The van der Waals surface area contributed by atoms with Crippen LogP contribution in [-0.2, 0) is 11.2 Å². The van der Waals surface area contributed by atoms with Crippen LogP contribution in [0, 0.1) is 5.82 Å². The topological polar surface area (TPSA) is 58.6 Å². The van der Waals surface area contributed by atoms with Crippen LogP contribution in [0.15, 0.2) is 91.0 Å². The molecule has 36 heavy (non-hydrogen) atoms. The van der Waals surface area contributed by atoms with E-state index in [9.17, 15) is 14.0 Å². The minimum Gasteiger partial charge on any atom is -0.490 e. The van der Waals surface area contributed by atoms with Crippen molar-refractivity contribution in [2.24, 2.45) is 0 Å². The molecule has 0 aliphatic carbocycles. The monoisotopic (exact) mass is 486 g/mol. The van der Waals surface area contributed by atoms with Crippen LogP contribution in [0.1, 0.15) is 47.3 Å². The molecule has 1 aliphatic rings. The summed E-state index contributed by atoms with van der Waals surface area (Å²) in [6.45, 7) is 1.96. The van der Waals surface area contributed by atoms with Crippen molar-refractivity contribution in [2.75, 3.05) is 7.05 Å². The first-order valence-corrected chi connectivity index (χ1v) is 12.2. The van der Waals surface area contributed by atoms with Gasteiger partial charge in [0.25, 0.3) is 5.91 Å². The number of hydrogen-bond acceptors (Lipinski definition) is 3. The number of carbonyl (C=O) groups is 2. The number of carbonyl (C=O) groups excluding carboxylic acids is 2. The Morgan fingerprint density at radius 1 is 0.917 bits per heavy atom. The van der Waals surface area contributed by atoms with E-state index in [1.165, 1.54) is 17.0 Å². The minimum absolute atomic E-state index is 0.151. The molecule has 6 heteroatoms. The highest BCUT2D eigenvalue weighted by atomic mass is 19.1. The van der Waals surface area contributed by atoms with Gasteiger partial charge in [-0.1, -0.05) is 66.7 Å². The lowest BCUT2D eigenvalue weighted by molar-refractivity contribution is -0.126. The zero-order chi connectivity index (χ0) is 25.5. The third kappa shape index (κ3) is 6.19. The Balaban J connectivity index is 1.73. The molecular formula is C30H31FN2O3. The van der Waals surface area contributed by atoms with Gasteiger partial charge in [0, 0.05) is 19.9 Å². The van der Waals surface area contributed by atoms with Crippen LogP contribution in [0.4, 0.5) is 4.39 Å². The van der Waals surface area contributed by atoms with Gasteiger partial charge in [0.2, 0.25) is 5.91 Å². The largest absolute Gasteiger partial charge is 0.490 e. The van der Waals surface area contributed by atoms with Gasteiger partial charge in [-0.15, -0.1) is 0 Å². The Hall–Kier alpha value is -3.93. The van der Waals surface area contributed by atoms with Crippen molar-refractivity contribution in [1.82, 2.24) is 10.2 Å². The summed E-state index contributed by atoms with van der Waals surface area (Å²) in [6.07, 6.45) is 5.38. The number of nitrogens with zero attached hydrogens (tertiary/aromatic N) is 1. The summed E-state index contributed by atoms with van der Waals surface area (Å²) in [4.78, 5) is 28.9. The normalized spacial score (nSPS) is 22.1. The number of amides is 2. The van der Waals surface area contributed by atoms with Crippen LogP contribution in [0.3, 0.4) is 0 Å².